The molecule has 0 N–H and O–H groups in total. The Hall–Kier alpha value is -1.92. The van der Waals surface area contributed by atoms with E-state index in [1.165, 1.54) is 6.42 Å². The molecule has 3 unspecified atom stereocenters. The molecule has 1 aromatic carbocycles. The van der Waals surface area contributed by atoms with E-state index in [1.807, 2.05) is 35.2 Å². The van der Waals surface area contributed by atoms with Crippen molar-refractivity contribution in [1.29, 1.82) is 0 Å². The summed E-state index contributed by atoms with van der Waals surface area (Å²) in [4.78, 5) is 33.8. The maximum absolute atomic E-state index is 13.7. The van der Waals surface area contributed by atoms with Gasteiger partial charge in [0.2, 0.25) is 5.91 Å². The van der Waals surface area contributed by atoms with Gasteiger partial charge in [0.25, 0.3) is 5.91 Å². The van der Waals surface area contributed by atoms with Gasteiger partial charge in [0.15, 0.2) is 0 Å². The fraction of sp³-hybridized carbons (Fsp3) is 0.692. The van der Waals surface area contributed by atoms with Crippen molar-refractivity contribution >= 4 is 11.8 Å². The molecule has 6 nitrogen and oxygen atoms in total. The number of amides is 2. The third-order valence-electron chi connectivity index (χ3n) is 8.17. The summed E-state index contributed by atoms with van der Waals surface area (Å²) in [5.74, 6) is 1.36. The van der Waals surface area contributed by atoms with Crippen molar-refractivity contribution in [2.24, 2.45) is 11.8 Å². The lowest BCUT2D eigenvalue weighted by molar-refractivity contribution is -0.137. The van der Waals surface area contributed by atoms with Crippen LogP contribution in [0.5, 0.6) is 0 Å². The minimum absolute atomic E-state index is 0.0422. The maximum Gasteiger partial charge on any atom is 0.254 e. The van der Waals surface area contributed by atoms with Crippen LogP contribution in [0.2, 0.25) is 0 Å². The molecule has 6 heteroatoms. The highest BCUT2D eigenvalue weighted by molar-refractivity contribution is 5.98. The summed E-state index contributed by atoms with van der Waals surface area (Å²) in [5.41, 5.74) is 0.709. The van der Waals surface area contributed by atoms with Gasteiger partial charge in [-0.15, -0.1) is 0 Å². The fourth-order valence-electron chi connectivity index (χ4n) is 6.40. The van der Waals surface area contributed by atoms with Crippen LogP contribution in [0.3, 0.4) is 0 Å². The largest absolute Gasteiger partial charge is 0.379 e. The average molecular weight is 440 g/mol. The Morgan fingerprint density at radius 3 is 2.38 bits per heavy atom. The number of hydrogen-bond acceptors (Lipinski definition) is 4. The van der Waals surface area contributed by atoms with Crippen LogP contribution in [0.25, 0.3) is 0 Å². The summed E-state index contributed by atoms with van der Waals surface area (Å²) in [6.07, 6.45) is 7.54. The Bertz CT molecular complexity index is 787. The Morgan fingerprint density at radius 1 is 0.906 bits per heavy atom. The zero-order valence-corrected chi connectivity index (χ0v) is 19.2. The zero-order valence-electron chi connectivity index (χ0n) is 19.2. The molecule has 2 amide bonds. The number of nitrogens with zero attached hydrogens (tertiary/aromatic N) is 3. The van der Waals surface area contributed by atoms with Gasteiger partial charge >= 0.3 is 0 Å². The lowest BCUT2D eigenvalue weighted by Crippen LogP contribution is -2.52. The van der Waals surface area contributed by atoms with Crippen LogP contribution in [-0.4, -0.2) is 84.5 Å². The molecule has 174 valence electrons. The predicted octanol–water partition coefficient (Wildman–Crippen LogP) is 3.03. The third-order valence-corrected chi connectivity index (χ3v) is 8.17. The van der Waals surface area contributed by atoms with Gasteiger partial charge in [-0.25, -0.2) is 0 Å². The molecular weight excluding hydrogens is 402 g/mol. The normalized spacial score (nSPS) is 29.7. The molecular formula is C26H37N3O3. The Balaban J connectivity index is 1.25. The predicted molar refractivity (Wildman–Crippen MR) is 123 cm³/mol. The molecule has 4 fully saturated rings. The molecule has 3 heterocycles. The number of fused-ring (bicyclic) bond motifs is 1. The van der Waals surface area contributed by atoms with Gasteiger partial charge in [-0.05, 0) is 56.1 Å². The van der Waals surface area contributed by atoms with Crippen LogP contribution < -0.4 is 0 Å². The smallest absolute Gasteiger partial charge is 0.254 e. The summed E-state index contributed by atoms with van der Waals surface area (Å²) in [5, 5.41) is 0. The molecule has 3 atom stereocenters. The quantitative estimate of drug-likeness (QED) is 0.724. The van der Waals surface area contributed by atoms with Gasteiger partial charge in [-0.1, -0.05) is 31.0 Å². The third kappa shape index (κ3) is 4.58. The molecule has 3 saturated heterocycles. The first-order chi connectivity index (χ1) is 15.7. The van der Waals surface area contributed by atoms with E-state index >= 15 is 0 Å². The number of benzene rings is 1. The van der Waals surface area contributed by atoms with Crippen molar-refractivity contribution in [3.63, 3.8) is 0 Å². The van der Waals surface area contributed by atoms with Gasteiger partial charge in [0.1, 0.15) is 6.04 Å². The standard InChI is InChI=1S/C26H37N3O3/c30-25(21-6-2-1-3-7-21)29-23-9-5-4-8-22(23)18-24(29)26(31)28-12-10-20(11-13-28)19-27-14-16-32-17-15-27/h1-3,6-7,20,22-24H,4-5,8-19H2. The number of rotatable bonds is 4. The Kier molecular flexibility index (Phi) is 6.79. The summed E-state index contributed by atoms with van der Waals surface area (Å²) in [7, 11) is 0. The van der Waals surface area contributed by atoms with E-state index < -0.39 is 0 Å². The number of likely N-dealkylation sites (tertiary alicyclic amines) is 2. The minimum atomic E-state index is -0.286. The number of carbonyl (C=O) groups excluding carboxylic acids is 2. The molecule has 1 aromatic rings. The Labute approximate surface area is 191 Å². The van der Waals surface area contributed by atoms with Gasteiger partial charge < -0.3 is 14.5 Å². The molecule has 0 radical (unpaired) electrons. The van der Waals surface area contributed by atoms with Crippen LogP contribution in [0.1, 0.15) is 55.3 Å². The number of morpholine rings is 1. The molecule has 32 heavy (non-hydrogen) atoms. The van der Waals surface area contributed by atoms with E-state index in [-0.39, 0.29) is 23.9 Å². The second-order valence-electron chi connectivity index (χ2n) is 10.1. The van der Waals surface area contributed by atoms with E-state index in [9.17, 15) is 9.59 Å². The first kappa shape index (κ1) is 21.9. The topological polar surface area (TPSA) is 53.1 Å². The summed E-state index contributed by atoms with van der Waals surface area (Å²) >= 11 is 0. The van der Waals surface area contributed by atoms with Crippen LogP contribution >= 0.6 is 0 Å². The number of piperidine rings is 1. The van der Waals surface area contributed by atoms with E-state index in [0.717, 1.165) is 84.5 Å². The van der Waals surface area contributed by atoms with Crippen molar-refractivity contribution in [2.75, 3.05) is 45.9 Å². The van der Waals surface area contributed by atoms with Gasteiger partial charge in [0, 0.05) is 44.3 Å². The van der Waals surface area contributed by atoms with Crippen LogP contribution in [-0.2, 0) is 9.53 Å². The molecule has 1 saturated carbocycles. The summed E-state index contributed by atoms with van der Waals surface area (Å²) in [6, 6.07) is 9.48. The van der Waals surface area contributed by atoms with E-state index in [0.29, 0.717) is 17.4 Å². The summed E-state index contributed by atoms with van der Waals surface area (Å²) < 4.78 is 5.47. The van der Waals surface area contributed by atoms with E-state index in [4.69, 9.17) is 4.74 Å². The highest BCUT2D eigenvalue weighted by Crippen LogP contribution is 2.41. The molecule has 0 bridgehead atoms. The zero-order chi connectivity index (χ0) is 21.9. The lowest BCUT2D eigenvalue weighted by atomic mass is 9.84. The second-order valence-corrected chi connectivity index (χ2v) is 10.1. The molecule has 1 aliphatic carbocycles. The van der Waals surface area contributed by atoms with Gasteiger partial charge in [-0.2, -0.15) is 0 Å². The lowest BCUT2D eigenvalue weighted by Gasteiger charge is -2.39. The Morgan fingerprint density at radius 2 is 1.62 bits per heavy atom. The SMILES string of the molecule is O=C(C1CC2CCCCC2N1C(=O)c1ccccc1)N1CCC(CN2CCOCC2)CC1. The van der Waals surface area contributed by atoms with Gasteiger partial charge in [0.05, 0.1) is 13.2 Å². The van der Waals surface area contributed by atoms with Gasteiger partial charge in [-0.3, -0.25) is 14.5 Å². The van der Waals surface area contributed by atoms with E-state index in [2.05, 4.69) is 9.80 Å². The van der Waals surface area contributed by atoms with Crippen LogP contribution in [0, 0.1) is 11.8 Å². The number of hydrogen-bond donors (Lipinski definition) is 0. The van der Waals surface area contributed by atoms with Crippen molar-refractivity contribution < 1.29 is 14.3 Å². The monoisotopic (exact) mass is 439 g/mol. The second kappa shape index (κ2) is 9.92. The first-order valence-corrected chi connectivity index (χ1v) is 12.7. The summed E-state index contributed by atoms with van der Waals surface area (Å²) in [6.45, 7) is 6.51. The van der Waals surface area contributed by atoms with Crippen LogP contribution in [0.4, 0.5) is 0 Å². The minimum Gasteiger partial charge on any atom is -0.379 e. The molecule has 3 aliphatic heterocycles. The maximum atomic E-state index is 13.7. The molecule has 4 aliphatic rings. The van der Waals surface area contributed by atoms with Crippen molar-refractivity contribution in [3.05, 3.63) is 35.9 Å². The number of ether oxygens (including phenoxy) is 1. The van der Waals surface area contributed by atoms with Crippen molar-refractivity contribution in [1.82, 2.24) is 14.7 Å². The van der Waals surface area contributed by atoms with E-state index in [1.54, 1.807) is 0 Å². The van der Waals surface area contributed by atoms with Crippen LogP contribution in [0.15, 0.2) is 30.3 Å². The van der Waals surface area contributed by atoms with Crippen molar-refractivity contribution in [2.45, 2.75) is 57.0 Å². The van der Waals surface area contributed by atoms with Crippen molar-refractivity contribution in [3.8, 4) is 0 Å². The molecule has 0 spiro atoms. The highest BCUT2D eigenvalue weighted by Gasteiger charge is 2.48. The number of carbonyl (C=O) groups is 2. The molecule has 0 aromatic heterocycles. The first-order valence-electron chi connectivity index (χ1n) is 12.7. The highest BCUT2D eigenvalue weighted by atomic mass is 16.5. The fourth-order valence-corrected chi connectivity index (χ4v) is 6.40. The molecule has 5 rings (SSSR count). The average Bonchev–Trinajstić information content (AvgIpc) is 3.24.